The van der Waals surface area contributed by atoms with E-state index in [2.05, 4.69) is 25.3 Å². The number of piperazine rings is 1. The number of ether oxygens (including phenoxy) is 2. The Morgan fingerprint density at radius 2 is 1.67 bits per heavy atom. The van der Waals surface area contributed by atoms with Gasteiger partial charge in [-0.05, 0) is 47.4 Å². The van der Waals surface area contributed by atoms with Crippen molar-refractivity contribution in [2.24, 2.45) is 0 Å². The fraction of sp³-hybridized carbons (Fsp3) is 0.282. The van der Waals surface area contributed by atoms with E-state index in [9.17, 15) is 18.4 Å². The molecule has 1 saturated heterocycles. The van der Waals surface area contributed by atoms with Gasteiger partial charge < -0.3 is 29.2 Å². The van der Waals surface area contributed by atoms with Gasteiger partial charge >= 0.3 is 0 Å². The van der Waals surface area contributed by atoms with Crippen molar-refractivity contribution in [2.45, 2.75) is 19.4 Å². The molecule has 2 amide bonds. The molecule has 16 heteroatoms. The summed E-state index contributed by atoms with van der Waals surface area (Å²) in [5.41, 5.74) is 2.76. The first kappa shape index (κ1) is 35.6. The Morgan fingerprint density at radius 3 is 2.44 bits per heavy atom. The number of amides is 2. The lowest BCUT2D eigenvalue weighted by atomic mass is 9.92. The van der Waals surface area contributed by atoms with Crippen LogP contribution in [0.15, 0.2) is 67.3 Å². The Hall–Kier alpha value is -6.45. The zero-order valence-corrected chi connectivity index (χ0v) is 30.1. The molecule has 282 valence electrons. The first-order chi connectivity index (χ1) is 26.7. The first-order valence-electron chi connectivity index (χ1n) is 17.7. The fourth-order valence-electron chi connectivity index (χ4n) is 7.34. The number of aromatic nitrogens is 6. The van der Waals surface area contributed by atoms with Gasteiger partial charge in [0.2, 0.25) is 5.91 Å². The molecule has 2 aromatic carbocycles. The third-order valence-corrected chi connectivity index (χ3v) is 10.2. The normalized spacial score (nSPS) is 14.8. The maximum Gasteiger partial charge on any atom is 0.270 e. The number of hydrogen-bond donors (Lipinski definition) is 1. The summed E-state index contributed by atoms with van der Waals surface area (Å²) in [5, 5.41) is 8.73. The average Bonchev–Trinajstić information content (AvgIpc) is 3.91. The van der Waals surface area contributed by atoms with E-state index in [1.807, 2.05) is 11.0 Å². The van der Waals surface area contributed by atoms with Gasteiger partial charge in [0.15, 0.2) is 29.0 Å². The molecule has 0 bridgehead atoms. The minimum atomic E-state index is -0.575. The molecule has 0 spiro atoms. The molecular formula is C39H36F3N9O4. The van der Waals surface area contributed by atoms with Gasteiger partial charge in [-0.25, -0.2) is 18.2 Å². The summed E-state index contributed by atoms with van der Waals surface area (Å²) in [5.74, 6) is -1.28. The highest BCUT2D eigenvalue weighted by atomic mass is 19.1. The van der Waals surface area contributed by atoms with Crippen molar-refractivity contribution < 1.29 is 32.2 Å². The van der Waals surface area contributed by atoms with Crippen molar-refractivity contribution in [1.82, 2.24) is 39.7 Å². The van der Waals surface area contributed by atoms with E-state index < -0.39 is 17.5 Å². The number of aryl methyl sites for hydroxylation is 1. The molecular weight excluding hydrogens is 715 g/mol. The van der Waals surface area contributed by atoms with Crippen LogP contribution in [0.3, 0.4) is 0 Å². The van der Waals surface area contributed by atoms with Crippen LogP contribution in [0.5, 0.6) is 11.5 Å². The summed E-state index contributed by atoms with van der Waals surface area (Å²) in [6, 6.07) is 9.23. The van der Waals surface area contributed by atoms with Gasteiger partial charge in [-0.2, -0.15) is 0 Å². The Balaban J connectivity index is 1.15. The number of rotatable bonds is 9. The molecule has 13 nitrogen and oxygen atoms in total. The molecule has 55 heavy (non-hydrogen) atoms. The van der Waals surface area contributed by atoms with Crippen LogP contribution in [0.2, 0.25) is 0 Å². The minimum absolute atomic E-state index is 0.0212. The van der Waals surface area contributed by atoms with Gasteiger partial charge in [-0.1, -0.05) is 11.3 Å². The molecule has 0 radical (unpaired) electrons. The van der Waals surface area contributed by atoms with Gasteiger partial charge in [0.25, 0.3) is 5.91 Å². The van der Waals surface area contributed by atoms with Crippen LogP contribution in [-0.4, -0.2) is 105 Å². The van der Waals surface area contributed by atoms with Gasteiger partial charge in [-0.3, -0.25) is 19.3 Å². The van der Waals surface area contributed by atoms with Crippen molar-refractivity contribution in [3.05, 3.63) is 96.0 Å². The highest BCUT2D eigenvalue weighted by Crippen LogP contribution is 2.40. The fourth-order valence-corrected chi connectivity index (χ4v) is 7.34. The van der Waals surface area contributed by atoms with Crippen molar-refractivity contribution in [2.75, 3.05) is 58.4 Å². The minimum Gasteiger partial charge on any atom is -0.494 e. The molecule has 2 aliphatic heterocycles. The summed E-state index contributed by atoms with van der Waals surface area (Å²) >= 11 is 0. The summed E-state index contributed by atoms with van der Waals surface area (Å²) in [6.45, 7) is 2.50. The van der Waals surface area contributed by atoms with Gasteiger partial charge in [0, 0.05) is 86.6 Å². The topological polar surface area (TPSA) is 135 Å². The van der Waals surface area contributed by atoms with Gasteiger partial charge in [0.1, 0.15) is 11.5 Å². The molecule has 0 atom stereocenters. The number of H-pyrrole nitrogens is 1. The van der Waals surface area contributed by atoms with Gasteiger partial charge in [0.05, 0.1) is 44.2 Å². The van der Waals surface area contributed by atoms with E-state index in [1.165, 1.54) is 26.4 Å². The Bertz CT molecular complexity index is 2460. The molecule has 0 saturated carbocycles. The van der Waals surface area contributed by atoms with Gasteiger partial charge in [-0.15, -0.1) is 5.10 Å². The van der Waals surface area contributed by atoms with E-state index in [0.29, 0.717) is 90.2 Å². The highest BCUT2D eigenvalue weighted by Gasteiger charge is 2.29. The van der Waals surface area contributed by atoms with Crippen molar-refractivity contribution in [1.29, 1.82) is 0 Å². The predicted octanol–water partition coefficient (Wildman–Crippen LogP) is 5.47. The molecule has 4 aromatic heterocycles. The molecule has 0 unspecified atom stereocenters. The van der Waals surface area contributed by atoms with E-state index in [1.54, 1.807) is 57.3 Å². The SMILES string of the molecule is COc1cc2c(-c3cc(C4=CCCN(C(=O)CCn5ccnn5)C4)c(F)c4[nH]c(C(=O)N5CCN(c6ncc(F)cc6OC)CC5)cc34)ccnc2cc1F. The number of anilines is 1. The number of benzene rings is 2. The van der Waals surface area contributed by atoms with E-state index >= 15 is 4.39 Å². The number of carbonyl (C=O) groups is 2. The highest BCUT2D eigenvalue weighted by molar-refractivity contribution is 6.08. The summed E-state index contributed by atoms with van der Waals surface area (Å²) < 4.78 is 57.7. The summed E-state index contributed by atoms with van der Waals surface area (Å²) in [7, 11) is 2.82. The lowest BCUT2D eigenvalue weighted by Crippen LogP contribution is -2.49. The first-order valence-corrected chi connectivity index (χ1v) is 17.7. The van der Waals surface area contributed by atoms with Crippen molar-refractivity contribution in [3.8, 4) is 22.6 Å². The number of halogens is 3. The van der Waals surface area contributed by atoms with Crippen molar-refractivity contribution in [3.63, 3.8) is 0 Å². The number of pyridine rings is 2. The zero-order valence-electron chi connectivity index (χ0n) is 30.1. The Kier molecular flexibility index (Phi) is 9.55. The van der Waals surface area contributed by atoms with Crippen LogP contribution in [0.25, 0.3) is 38.5 Å². The lowest BCUT2D eigenvalue weighted by molar-refractivity contribution is -0.131. The number of nitrogens with one attached hydrogen (secondary N) is 1. The number of methoxy groups -OCH3 is 2. The third kappa shape index (κ3) is 6.79. The predicted molar refractivity (Wildman–Crippen MR) is 198 cm³/mol. The molecule has 2 aliphatic rings. The second-order valence-corrected chi connectivity index (χ2v) is 13.3. The van der Waals surface area contributed by atoms with Crippen molar-refractivity contribution >= 4 is 45.0 Å². The maximum atomic E-state index is 16.9. The number of aromatic amines is 1. The van der Waals surface area contributed by atoms with Crippen LogP contribution in [0.4, 0.5) is 19.0 Å². The van der Waals surface area contributed by atoms with Crippen LogP contribution >= 0.6 is 0 Å². The Labute approximate surface area is 313 Å². The average molecular weight is 752 g/mol. The number of hydrogen-bond acceptors (Lipinski definition) is 9. The quantitative estimate of drug-likeness (QED) is 0.204. The standard InChI is InChI=1S/C39H36F3N9O4/c1-54-33-19-28-25(5-7-43-31(28)20-30(33)41)27-17-26(23-4-3-9-50(22-23)35(52)6-10-51-11-8-45-47-51)36(42)37-29(27)18-32(46-37)39(53)49-14-12-48(13-15-49)38-34(55-2)16-24(40)21-44-38/h4-5,7-8,11,16-21,46H,3,6,9-10,12-15,22H2,1-2H3. The lowest BCUT2D eigenvalue weighted by Gasteiger charge is -2.35. The summed E-state index contributed by atoms with van der Waals surface area (Å²) in [4.78, 5) is 44.3. The third-order valence-electron chi connectivity index (χ3n) is 10.2. The molecule has 6 heterocycles. The maximum absolute atomic E-state index is 16.9. The number of carbonyl (C=O) groups excluding carboxylic acids is 2. The second-order valence-electron chi connectivity index (χ2n) is 13.3. The van der Waals surface area contributed by atoms with Crippen LogP contribution in [0, 0.1) is 17.5 Å². The smallest absolute Gasteiger partial charge is 0.270 e. The number of nitrogens with zero attached hydrogens (tertiary/aromatic N) is 8. The van der Waals surface area contributed by atoms with Crippen LogP contribution in [-0.2, 0) is 11.3 Å². The largest absolute Gasteiger partial charge is 0.494 e. The van der Waals surface area contributed by atoms with Crippen LogP contribution < -0.4 is 14.4 Å². The molecule has 6 aromatic rings. The van der Waals surface area contributed by atoms with E-state index in [0.717, 1.165) is 6.20 Å². The monoisotopic (exact) mass is 751 g/mol. The second kappa shape index (κ2) is 14.8. The molecule has 1 N–H and O–H groups in total. The molecule has 8 rings (SSSR count). The molecule has 0 aliphatic carbocycles. The molecule has 1 fully saturated rings. The number of fused-ring (bicyclic) bond motifs is 2. The van der Waals surface area contributed by atoms with Crippen LogP contribution in [0.1, 0.15) is 28.9 Å². The van der Waals surface area contributed by atoms with E-state index in [4.69, 9.17) is 9.47 Å². The Morgan fingerprint density at radius 1 is 0.855 bits per heavy atom. The van der Waals surface area contributed by atoms with E-state index in [-0.39, 0.29) is 47.3 Å². The summed E-state index contributed by atoms with van der Waals surface area (Å²) in [6.07, 6.45) is 8.56. The zero-order chi connectivity index (χ0) is 38.2.